The number of ether oxygens (including phenoxy) is 1. The molecule has 0 N–H and O–H groups in total. The number of pyridine rings is 1. The van der Waals surface area contributed by atoms with E-state index >= 15 is 0 Å². The highest BCUT2D eigenvalue weighted by Gasteiger charge is 2.19. The first kappa shape index (κ1) is 15.8. The predicted octanol–water partition coefficient (Wildman–Crippen LogP) is 1.97. The first-order valence-electron chi connectivity index (χ1n) is 7.25. The van der Waals surface area contributed by atoms with Crippen molar-refractivity contribution >= 4 is 16.3 Å². The third kappa shape index (κ3) is 3.47. The van der Waals surface area contributed by atoms with Crippen LogP contribution in [0.1, 0.15) is 17.4 Å². The molecule has 1 atom stereocenters. The Morgan fingerprint density at radius 2 is 2.30 bits per heavy atom. The molecular formula is C16H18N4O2S. The topological polar surface area (TPSA) is 59.7 Å². The van der Waals surface area contributed by atoms with E-state index in [0.29, 0.717) is 18.1 Å². The van der Waals surface area contributed by atoms with Crippen LogP contribution in [0.5, 0.6) is 0 Å². The van der Waals surface area contributed by atoms with Crippen LogP contribution < -0.4 is 5.56 Å². The lowest BCUT2D eigenvalue weighted by Crippen LogP contribution is -2.29. The maximum Gasteiger partial charge on any atom is 0.258 e. The van der Waals surface area contributed by atoms with Crippen molar-refractivity contribution in [3.63, 3.8) is 0 Å². The maximum absolute atomic E-state index is 12.1. The van der Waals surface area contributed by atoms with Crippen LogP contribution in [-0.4, -0.2) is 40.0 Å². The Labute approximate surface area is 138 Å². The fourth-order valence-corrected chi connectivity index (χ4v) is 3.24. The summed E-state index contributed by atoms with van der Waals surface area (Å²) >= 11 is 1.45. The minimum Gasteiger partial charge on any atom is -0.383 e. The van der Waals surface area contributed by atoms with E-state index in [0.717, 1.165) is 11.4 Å². The molecule has 0 saturated carbocycles. The highest BCUT2D eigenvalue weighted by molar-refractivity contribution is 7.15. The van der Waals surface area contributed by atoms with E-state index in [1.807, 2.05) is 30.6 Å². The van der Waals surface area contributed by atoms with Crippen LogP contribution in [0.3, 0.4) is 0 Å². The average Bonchev–Trinajstić information content (AvgIpc) is 3.02. The summed E-state index contributed by atoms with van der Waals surface area (Å²) in [6, 6.07) is 7.41. The Hall–Kier alpha value is -2.09. The summed E-state index contributed by atoms with van der Waals surface area (Å²) in [5.41, 5.74) is 1.63. The fourth-order valence-electron chi connectivity index (χ4n) is 2.50. The van der Waals surface area contributed by atoms with Gasteiger partial charge in [0.2, 0.25) is 0 Å². The van der Waals surface area contributed by atoms with E-state index in [1.165, 1.54) is 11.3 Å². The zero-order valence-electron chi connectivity index (χ0n) is 13.0. The third-order valence-corrected chi connectivity index (χ3v) is 4.41. The average molecular weight is 330 g/mol. The van der Waals surface area contributed by atoms with Crippen molar-refractivity contribution in [1.82, 2.24) is 19.3 Å². The lowest BCUT2D eigenvalue weighted by atomic mass is 10.1. The van der Waals surface area contributed by atoms with Crippen LogP contribution in [0.15, 0.2) is 46.8 Å². The second-order valence-electron chi connectivity index (χ2n) is 5.28. The van der Waals surface area contributed by atoms with Crippen molar-refractivity contribution in [3.8, 4) is 0 Å². The standard InChI is InChI=1S/C16H18N4O2S/c1-19(14(11-22-2)13-5-3-4-6-17-13)10-12-9-15(21)20-7-8-23-16(20)18-12/h3-9,14H,10-11H2,1-2H3/t14-/m1/s1. The van der Waals surface area contributed by atoms with E-state index < -0.39 is 0 Å². The van der Waals surface area contributed by atoms with Gasteiger partial charge >= 0.3 is 0 Å². The number of nitrogens with zero attached hydrogens (tertiary/aromatic N) is 4. The lowest BCUT2D eigenvalue weighted by Gasteiger charge is -2.26. The normalized spacial score (nSPS) is 12.8. The van der Waals surface area contributed by atoms with E-state index in [-0.39, 0.29) is 11.6 Å². The molecule has 0 aliphatic rings. The number of thiazole rings is 1. The first-order valence-corrected chi connectivity index (χ1v) is 8.13. The molecule has 23 heavy (non-hydrogen) atoms. The molecule has 6 nitrogen and oxygen atoms in total. The van der Waals surface area contributed by atoms with Gasteiger partial charge in [0, 0.05) is 37.5 Å². The SMILES string of the molecule is COC[C@H](c1ccccn1)N(C)Cc1cc(=O)n2ccsc2n1. The van der Waals surface area contributed by atoms with Gasteiger partial charge in [-0.1, -0.05) is 6.07 Å². The van der Waals surface area contributed by atoms with Gasteiger partial charge in [-0.2, -0.15) is 0 Å². The predicted molar refractivity (Wildman–Crippen MR) is 89.7 cm³/mol. The Bertz CT molecular complexity index is 831. The van der Waals surface area contributed by atoms with Crippen molar-refractivity contribution < 1.29 is 4.74 Å². The van der Waals surface area contributed by atoms with Gasteiger partial charge in [0.15, 0.2) is 4.96 Å². The largest absolute Gasteiger partial charge is 0.383 e. The molecule has 120 valence electrons. The summed E-state index contributed by atoms with van der Waals surface area (Å²) in [5.74, 6) is 0. The van der Waals surface area contributed by atoms with Gasteiger partial charge in [-0.05, 0) is 19.2 Å². The minimum atomic E-state index is -0.0548. The van der Waals surface area contributed by atoms with Gasteiger partial charge in [0.1, 0.15) is 0 Å². The lowest BCUT2D eigenvalue weighted by molar-refractivity contribution is 0.0993. The van der Waals surface area contributed by atoms with Crippen molar-refractivity contribution in [3.05, 3.63) is 63.8 Å². The zero-order chi connectivity index (χ0) is 16.2. The van der Waals surface area contributed by atoms with Gasteiger partial charge in [0.05, 0.1) is 24.0 Å². The highest BCUT2D eigenvalue weighted by atomic mass is 32.1. The molecule has 0 fully saturated rings. The number of aromatic nitrogens is 3. The molecule has 0 amide bonds. The third-order valence-electron chi connectivity index (χ3n) is 3.65. The molecule has 3 aromatic rings. The number of methoxy groups -OCH3 is 1. The summed E-state index contributed by atoms with van der Waals surface area (Å²) in [4.78, 5) is 23.9. The van der Waals surface area contributed by atoms with Crippen LogP contribution in [0.25, 0.3) is 4.96 Å². The summed E-state index contributed by atoms with van der Waals surface area (Å²) < 4.78 is 6.89. The number of hydrogen-bond acceptors (Lipinski definition) is 6. The van der Waals surface area contributed by atoms with Crippen molar-refractivity contribution in [2.75, 3.05) is 20.8 Å². The number of likely N-dealkylation sites (N-methyl/N-ethyl adjacent to an activating group) is 1. The Morgan fingerprint density at radius 3 is 3.04 bits per heavy atom. The van der Waals surface area contributed by atoms with Crippen LogP contribution in [-0.2, 0) is 11.3 Å². The molecule has 3 aromatic heterocycles. The molecule has 0 aliphatic carbocycles. The summed E-state index contributed by atoms with van der Waals surface area (Å²) in [6.45, 7) is 1.07. The first-order chi connectivity index (χ1) is 11.2. The molecule has 7 heteroatoms. The van der Waals surface area contributed by atoms with Crippen molar-refractivity contribution in [2.45, 2.75) is 12.6 Å². The molecule has 0 aromatic carbocycles. The van der Waals surface area contributed by atoms with E-state index in [4.69, 9.17) is 4.74 Å². The molecule has 0 aliphatic heterocycles. The molecule has 0 saturated heterocycles. The van der Waals surface area contributed by atoms with E-state index in [1.54, 1.807) is 30.0 Å². The monoisotopic (exact) mass is 330 g/mol. The van der Waals surface area contributed by atoms with E-state index in [2.05, 4.69) is 14.9 Å². The zero-order valence-corrected chi connectivity index (χ0v) is 13.9. The maximum atomic E-state index is 12.1. The smallest absolute Gasteiger partial charge is 0.258 e. The summed E-state index contributed by atoms with van der Waals surface area (Å²) in [6.07, 6.45) is 3.51. The Morgan fingerprint density at radius 1 is 1.43 bits per heavy atom. The molecule has 0 bridgehead atoms. The van der Waals surface area contributed by atoms with Crippen molar-refractivity contribution in [1.29, 1.82) is 0 Å². The van der Waals surface area contributed by atoms with Crippen molar-refractivity contribution in [2.24, 2.45) is 0 Å². The minimum absolute atomic E-state index is 0.00443. The van der Waals surface area contributed by atoms with Gasteiger partial charge in [-0.3, -0.25) is 19.1 Å². The van der Waals surface area contributed by atoms with Crippen LogP contribution >= 0.6 is 11.3 Å². The molecular weight excluding hydrogens is 312 g/mol. The van der Waals surface area contributed by atoms with Crippen LogP contribution in [0.2, 0.25) is 0 Å². The Kier molecular flexibility index (Phi) is 4.80. The van der Waals surface area contributed by atoms with Gasteiger partial charge in [-0.15, -0.1) is 11.3 Å². The van der Waals surface area contributed by atoms with E-state index in [9.17, 15) is 4.79 Å². The molecule has 3 heterocycles. The Balaban J connectivity index is 1.85. The van der Waals surface area contributed by atoms with Crippen LogP contribution in [0, 0.1) is 0 Å². The summed E-state index contributed by atoms with van der Waals surface area (Å²) in [7, 11) is 3.66. The van der Waals surface area contributed by atoms with Gasteiger partial charge in [-0.25, -0.2) is 4.98 Å². The number of fused-ring (bicyclic) bond motifs is 1. The van der Waals surface area contributed by atoms with Gasteiger partial charge < -0.3 is 4.74 Å². The molecule has 3 rings (SSSR count). The van der Waals surface area contributed by atoms with Crippen LogP contribution in [0.4, 0.5) is 0 Å². The number of hydrogen-bond donors (Lipinski definition) is 0. The number of rotatable bonds is 6. The molecule has 0 unspecified atom stereocenters. The fraction of sp³-hybridized carbons (Fsp3) is 0.312. The van der Waals surface area contributed by atoms with Gasteiger partial charge in [0.25, 0.3) is 5.56 Å². The summed E-state index contributed by atoms with van der Waals surface area (Å²) in [5, 5.41) is 1.86. The molecule has 0 spiro atoms. The quantitative estimate of drug-likeness (QED) is 0.691. The highest BCUT2D eigenvalue weighted by Crippen LogP contribution is 2.19. The second-order valence-corrected chi connectivity index (χ2v) is 6.16. The molecule has 0 radical (unpaired) electrons. The second kappa shape index (κ2) is 6.99.